The van der Waals surface area contributed by atoms with E-state index in [9.17, 15) is 9.59 Å². The number of carboxylic acid groups (broad SMARTS) is 1. The number of carbonyl (C=O) groups excluding carboxylic acids is 1. The average molecular weight is 278 g/mol. The van der Waals surface area contributed by atoms with Gasteiger partial charge in [0.2, 0.25) is 5.91 Å². The standard InChI is InChI=1S/C15H22N2O3/c1-5-8-17(10-14(18)16(3)4)12-6-7-13(15(19)20)11(2)9-12/h6-7,9H,5,8,10H2,1-4H3,(H,19,20). The molecule has 5 nitrogen and oxygen atoms in total. The topological polar surface area (TPSA) is 60.9 Å². The minimum absolute atomic E-state index is 0.0263. The Morgan fingerprint density at radius 3 is 2.35 bits per heavy atom. The third kappa shape index (κ3) is 3.98. The number of aromatic carboxylic acids is 1. The van der Waals surface area contributed by atoms with Gasteiger partial charge in [-0.3, -0.25) is 4.79 Å². The number of hydrogen-bond acceptors (Lipinski definition) is 3. The van der Waals surface area contributed by atoms with E-state index in [2.05, 4.69) is 0 Å². The van der Waals surface area contributed by atoms with Crippen LogP contribution in [0.3, 0.4) is 0 Å². The molecule has 0 fully saturated rings. The maximum Gasteiger partial charge on any atom is 0.335 e. The minimum atomic E-state index is -0.930. The molecular weight excluding hydrogens is 256 g/mol. The zero-order valence-corrected chi connectivity index (χ0v) is 12.5. The first-order chi connectivity index (χ1) is 9.36. The van der Waals surface area contributed by atoms with Gasteiger partial charge in [-0.25, -0.2) is 4.79 Å². The molecule has 110 valence electrons. The number of hydrogen-bond donors (Lipinski definition) is 1. The maximum absolute atomic E-state index is 11.9. The summed E-state index contributed by atoms with van der Waals surface area (Å²) in [6.07, 6.45) is 0.917. The Kier molecular flexibility index (Phi) is 5.55. The van der Waals surface area contributed by atoms with Crippen LogP contribution in [-0.4, -0.2) is 49.1 Å². The Bertz CT molecular complexity index is 498. The minimum Gasteiger partial charge on any atom is -0.478 e. The second kappa shape index (κ2) is 6.93. The summed E-state index contributed by atoms with van der Waals surface area (Å²) in [5, 5.41) is 9.04. The van der Waals surface area contributed by atoms with E-state index in [1.165, 1.54) is 0 Å². The number of rotatable bonds is 6. The highest BCUT2D eigenvalue weighted by Gasteiger charge is 2.14. The number of nitrogens with zero attached hydrogens (tertiary/aromatic N) is 2. The van der Waals surface area contributed by atoms with Crippen molar-refractivity contribution in [1.82, 2.24) is 4.90 Å². The predicted octanol–water partition coefficient (Wildman–Crippen LogP) is 2.00. The van der Waals surface area contributed by atoms with Crippen molar-refractivity contribution in [3.63, 3.8) is 0 Å². The number of likely N-dealkylation sites (N-methyl/N-ethyl adjacent to an activating group) is 1. The molecule has 0 atom stereocenters. The first-order valence-corrected chi connectivity index (χ1v) is 6.65. The van der Waals surface area contributed by atoms with E-state index in [0.29, 0.717) is 17.7 Å². The largest absolute Gasteiger partial charge is 0.478 e. The van der Waals surface area contributed by atoms with Gasteiger partial charge in [0.1, 0.15) is 0 Å². The molecule has 1 amide bonds. The monoisotopic (exact) mass is 278 g/mol. The van der Waals surface area contributed by atoms with Crippen LogP contribution >= 0.6 is 0 Å². The zero-order chi connectivity index (χ0) is 15.3. The van der Waals surface area contributed by atoms with Crippen LogP contribution in [0.5, 0.6) is 0 Å². The van der Waals surface area contributed by atoms with Crippen LogP contribution in [0, 0.1) is 6.92 Å². The van der Waals surface area contributed by atoms with E-state index >= 15 is 0 Å². The van der Waals surface area contributed by atoms with Crippen molar-refractivity contribution in [2.24, 2.45) is 0 Å². The van der Waals surface area contributed by atoms with E-state index in [0.717, 1.165) is 18.7 Å². The molecule has 0 aliphatic heterocycles. The number of carboxylic acids is 1. The summed E-state index contributed by atoms with van der Waals surface area (Å²) in [6, 6.07) is 5.17. The summed E-state index contributed by atoms with van der Waals surface area (Å²) in [6.45, 7) is 4.87. The number of aryl methyl sites for hydroxylation is 1. The lowest BCUT2D eigenvalue weighted by molar-refractivity contribution is -0.127. The molecule has 0 spiro atoms. The highest BCUT2D eigenvalue weighted by atomic mass is 16.4. The molecule has 1 N–H and O–H groups in total. The summed E-state index contributed by atoms with van der Waals surface area (Å²) in [5.74, 6) is -0.904. The molecule has 0 aliphatic rings. The molecule has 0 bridgehead atoms. The van der Waals surface area contributed by atoms with E-state index in [1.807, 2.05) is 17.9 Å². The van der Waals surface area contributed by atoms with Crippen molar-refractivity contribution >= 4 is 17.6 Å². The fourth-order valence-electron chi connectivity index (χ4n) is 1.96. The first-order valence-electron chi connectivity index (χ1n) is 6.65. The maximum atomic E-state index is 11.9. The lowest BCUT2D eigenvalue weighted by atomic mass is 10.1. The Morgan fingerprint density at radius 1 is 1.25 bits per heavy atom. The van der Waals surface area contributed by atoms with Crippen molar-refractivity contribution in [2.45, 2.75) is 20.3 Å². The Hall–Kier alpha value is -2.04. The van der Waals surface area contributed by atoms with Gasteiger partial charge in [-0.15, -0.1) is 0 Å². The Balaban J connectivity index is 3.00. The van der Waals surface area contributed by atoms with Gasteiger partial charge in [0, 0.05) is 26.3 Å². The fraction of sp³-hybridized carbons (Fsp3) is 0.467. The van der Waals surface area contributed by atoms with Crippen molar-refractivity contribution in [2.75, 3.05) is 32.1 Å². The van der Waals surface area contributed by atoms with Gasteiger partial charge in [0.15, 0.2) is 0 Å². The van der Waals surface area contributed by atoms with E-state index < -0.39 is 5.97 Å². The van der Waals surface area contributed by atoms with Gasteiger partial charge in [-0.1, -0.05) is 6.92 Å². The van der Waals surface area contributed by atoms with Gasteiger partial charge in [0.05, 0.1) is 12.1 Å². The summed E-state index contributed by atoms with van der Waals surface area (Å²) in [4.78, 5) is 26.4. The molecule has 0 saturated carbocycles. The van der Waals surface area contributed by atoms with Crippen molar-refractivity contribution in [3.05, 3.63) is 29.3 Å². The summed E-state index contributed by atoms with van der Waals surface area (Å²) in [5.41, 5.74) is 1.88. The number of carbonyl (C=O) groups is 2. The lowest BCUT2D eigenvalue weighted by Crippen LogP contribution is -2.37. The number of benzene rings is 1. The molecule has 0 aliphatic carbocycles. The molecule has 0 saturated heterocycles. The molecule has 0 aromatic heterocycles. The third-order valence-corrected chi connectivity index (χ3v) is 3.12. The van der Waals surface area contributed by atoms with E-state index in [-0.39, 0.29) is 5.91 Å². The van der Waals surface area contributed by atoms with Gasteiger partial charge < -0.3 is 14.9 Å². The number of anilines is 1. The van der Waals surface area contributed by atoms with Gasteiger partial charge in [0.25, 0.3) is 0 Å². The van der Waals surface area contributed by atoms with Gasteiger partial charge >= 0.3 is 5.97 Å². The number of amides is 1. The second-order valence-electron chi connectivity index (χ2n) is 5.01. The predicted molar refractivity (Wildman–Crippen MR) is 79.3 cm³/mol. The lowest BCUT2D eigenvalue weighted by Gasteiger charge is -2.26. The Labute approximate surface area is 119 Å². The molecule has 1 rings (SSSR count). The van der Waals surface area contributed by atoms with E-state index in [1.54, 1.807) is 38.1 Å². The van der Waals surface area contributed by atoms with Crippen LogP contribution in [0.25, 0.3) is 0 Å². The van der Waals surface area contributed by atoms with Crippen LogP contribution in [0.4, 0.5) is 5.69 Å². The quantitative estimate of drug-likeness (QED) is 0.864. The summed E-state index contributed by atoms with van der Waals surface area (Å²) in [7, 11) is 3.45. The van der Waals surface area contributed by atoms with Crippen LogP contribution in [-0.2, 0) is 4.79 Å². The van der Waals surface area contributed by atoms with Gasteiger partial charge in [-0.05, 0) is 37.1 Å². The molecule has 0 heterocycles. The smallest absolute Gasteiger partial charge is 0.335 e. The van der Waals surface area contributed by atoms with Crippen molar-refractivity contribution in [3.8, 4) is 0 Å². The average Bonchev–Trinajstić information content (AvgIpc) is 2.37. The van der Waals surface area contributed by atoms with Gasteiger partial charge in [-0.2, -0.15) is 0 Å². The second-order valence-corrected chi connectivity index (χ2v) is 5.01. The van der Waals surface area contributed by atoms with E-state index in [4.69, 9.17) is 5.11 Å². The SMILES string of the molecule is CCCN(CC(=O)N(C)C)c1ccc(C(=O)O)c(C)c1. The van der Waals surface area contributed by atoms with Crippen LogP contribution in [0.1, 0.15) is 29.3 Å². The molecule has 0 unspecified atom stereocenters. The van der Waals surface area contributed by atoms with Crippen LogP contribution in [0.2, 0.25) is 0 Å². The molecular formula is C15H22N2O3. The highest BCUT2D eigenvalue weighted by Crippen LogP contribution is 2.19. The third-order valence-electron chi connectivity index (χ3n) is 3.12. The van der Waals surface area contributed by atoms with Crippen LogP contribution < -0.4 is 4.90 Å². The van der Waals surface area contributed by atoms with Crippen molar-refractivity contribution < 1.29 is 14.7 Å². The molecule has 5 heteroatoms. The Morgan fingerprint density at radius 2 is 1.90 bits per heavy atom. The van der Waals surface area contributed by atoms with Crippen molar-refractivity contribution in [1.29, 1.82) is 0 Å². The summed E-state index contributed by atoms with van der Waals surface area (Å²) < 4.78 is 0. The zero-order valence-electron chi connectivity index (χ0n) is 12.5. The molecule has 0 radical (unpaired) electrons. The molecule has 1 aromatic rings. The normalized spacial score (nSPS) is 10.2. The molecule has 20 heavy (non-hydrogen) atoms. The highest BCUT2D eigenvalue weighted by molar-refractivity contribution is 5.90. The van der Waals surface area contributed by atoms with Crippen LogP contribution in [0.15, 0.2) is 18.2 Å². The molecule has 1 aromatic carbocycles. The summed E-state index contributed by atoms with van der Waals surface area (Å²) >= 11 is 0. The first kappa shape index (κ1) is 16.0. The fourth-order valence-corrected chi connectivity index (χ4v) is 1.96.